The maximum atomic E-state index is 11.9. The van der Waals surface area contributed by atoms with E-state index in [2.05, 4.69) is 10.6 Å². The van der Waals surface area contributed by atoms with Crippen LogP contribution in [0.15, 0.2) is 18.2 Å². The van der Waals surface area contributed by atoms with Gasteiger partial charge in [0.1, 0.15) is 5.75 Å². The minimum absolute atomic E-state index is 0.0616. The van der Waals surface area contributed by atoms with Gasteiger partial charge in [0.25, 0.3) is 5.91 Å². The standard InChI is InChI=1S/C15H18Cl2N2O3/c1-9(22-13-5-4-11(16)8-12(13)17)14(20)18-6-7-19-15(21)10-2-3-10/h4-5,8-10H,2-3,6-7H2,1H3,(H,18,20)(H,19,21). The van der Waals surface area contributed by atoms with Gasteiger partial charge in [0.15, 0.2) is 6.10 Å². The highest BCUT2D eigenvalue weighted by Crippen LogP contribution is 2.29. The lowest BCUT2D eigenvalue weighted by atomic mass is 10.3. The van der Waals surface area contributed by atoms with Gasteiger partial charge < -0.3 is 15.4 Å². The molecule has 1 fully saturated rings. The molecule has 7 heteroatoms. The van der Waals surface area contributed by atoms with Crippen LogP contribution in [0.4, 0.5) is 0 Å². The Morgan fingerprint density at radius 2 is 1.95 bits per heavy atom. The van der Waals surface area contributed by atoms with Crippen molar-refractivity contribution in [2.45, 2.75) is 25.9 Å². The van der Waals surface area contributed by atoms with E-state index in [1.807, 2.05) is 0 Å². The van der Waals surface area contributed by atoms with E-state index in [4.69, 9.17) is 27.9 Å². The molecule has 1 atom stereocenters. The van der Waals surface area contributed by atoms with Crippen LogP contribution in [0, 0.1) is 5.92 Å². The molecule has 0 spiro atoms. The molecule has 0 saturated heterocycles. The lowest BCUT2D eigenvalue weighted by molar-refractivity contribution is -0.127. The Hall–Kier alpha value is -1.46. The lowest BCUT2D eigenvalue weighted by Crippen LogP contribution is -2.41. The average molecular weight is 345 g/mol. The molecule has 1 saturated carbocycles. The number of benzene rings is 1. The topological polar surface area (TPSA) is 67.4 Å². The summed E-state index contributed by atoms with van der Waals surface area (Å²) >= 11 is 11.8. The second kappa shape index (κ2) is 7.70. The summed E-state index contributed by atoms with van der Waals surface area (Å²) < 4.78 is 5.50. The molecule has 120 valence electrons. The summed E-state index contributed by atoms with van der Waals surface area (Å²) in [4.78, 5) is 23.3. The van der Waals surface area contributed by atoms with Gasteiger partial charge in [-0.05, 0) is 38.0 Å². The van der Waals surface area contributed by atoms with Crippen molar-refractivity contribution in [3.63, 3.8) is 0 Å². The smallest absolute Gasteiger partial charge is 0.260 e. The summed E-state index contributed by atoms with van der Waals surface area (Å²) in [5.74, 6) is 0.360. The molecule has 22 heavy (non-hydrogen) atoms. The summed E-state index contributed by atoms with van der Waals surface area (Å²) in [6, 6.07) is 4.81. The molecular weight excluding hydrogens is 327 g/mol. The van der Waals surface area contributed by atoms with Gasteiger partial charge in [0, 0.05) is 24.0 Å². The predicted octanol–water partition coefficient (Wildman–Crippen LogP) is 2.40. The molecule has 0 radical (unpaired) electrons. The number of rotatable bonds is 7. The zero-order valence-electron chi connectivity index (χ0n) is 12.2. The molecule has 1 aromatic rings. The first-order chi connectivity index (χ1) is 10.5. The van der Waals surface area contributed by atoms with Crippen molar-refractivity contribution in [1.29, 1.82) is 0 Å². The van der Waals surface area contributed by atoms with E-state index < -0.39 is 6.10 Å². The van der Waals surface area contributed by atoms with E-state index in [1.54, 1.807) is 25.1 Å². The van der Waals surface area contributed by atoms with Gasteiger partial charge >= 0.3 is 0 Å². The quantitative estimate of drug-likeness (QED) is 0.746. The van der Waals surface area contributed by atoms with Crippen molar-refractivity contribution in [3.05, 3.63) is 28.2 Å². The second-order valence-corrected chi connectivity index (χ2v) is 6.03. The van der Waals surface area contributed by atoms with Gasteiger partial charge in [0.2, 0.25) is 5.91 Å². The molecule has 0 aromatic heterocycles. The molecule has 0 heterocycles. The number of carbonyl (C=O) groups excluding carboxylic acids is 2. The second-order valence-electron chi connectivity index (χ2n) is 5.19. The summed E-state index contributed by atoms with van der Waals surface area (Å²) in [7, 11) is 0. The van der Waals surface area contributed by atoms with E-state index in [0.717, 1.165) is 12.8 Å². The fraction of sp³-hybridized carbons (Fsp3) is 0.467. The molecule has 2 amide bonds. The van der Waals surface area contributed by atoms with Gasteiger partial charge in [-0.2, -0.15) is 0 Å². The minimum Gasteiger partial charge on any atom is -0.479 e. The first-order valence-electron chi connectivity index (χ1n) is 7.14. The van der Waals surface area contributed by atoms with Crippen molar-refractivity contribution in [2.75, 3.05) is 13.1 Å². The average Bonchev–Trinajstić information content (AvgIpc) is 3.30. The third-order valence-corrected chi connectivity index (χ3v) is 3.77. The van der Waals surface area contributed by atoms with Gasteiger partial charge in [-0.1, -0.05) is 23.2 Å². The summed E-state index contributed by atoms with van der Waals surface area (Å²) in [5.41, 5.74) is 0. The number of halogens is 2. The Kier molecular flexibility index (Phi) is 5.91. The van der Waals surface area contributed by atoms with Crippen LogP contribution in [0.5, 0.6) is 5.75 Å². The Balaban J connectivity index is 1.70. The molecule has 2 N–H and O–H groups in total. The Morgan fingerprint density at radius 1 is 1.27 bits per heavy atom. The number of carbonyl (C=O) groups is 2. The van der Waals surface area contributed by atoms with Crippen molar-refractivity contribution in [2.24, 2.45) is 5.92 Å². The zero-order chi connectivity index (χ0) is 16.1. The van der Waals surface area contributed by atoms with E-state index in [9.17, 15) is 9.59 Å². The highest BCUT2D eigenvalue weighted by Gasteiger charge is 2.29. The predicted molar refractivity (Wildman–Crippen MR) is 85.3 cm³/mol. The zero-order valence-corrected chi connectivity index (χ0v) is 13.7. The van der Waals surface area contributed by atoms with Crippen LogP contribution in [-0.4, -0.2) is 31.0 Å². The molecule has 2 rings (SSSR count). The normalized spacial score (nSPS) is 15.0. The maximum Gasteiger partial charge on any atom is 0.260 e. The SMILES string of the molecule is CC(Oc1ccc(Cl)cc1Cl)C(=O)NCCNC(=O)C1CC1. The van der Waals surface area contributed by atoms with Crippen LogP contribution >= 0.6 is 23.2 Å². The Labute approximate surface area is 139 Å². The van der Waals surface area contributed by atoms with Crippen LogP contribution in [0.25, 0.3) is 0 Å². The van der Waals surface area contributed by atoms with Gasteiger partial charge in [-0.25, -0.2) is 0 Å². The molecule has 1 aromatic carbocycles. The van der Waals surface area contributed by atoms with Gasteiger partial charge in [-0.3, -0.25) is 9.59 Å². The highest BCUT2D eigenvalue weighted by atomic mass is 35.5. The highest BCUT2D eigenvalue weighted by molar-refractivity contribution is 6.35. The molecule has 1 aliphatic carbocycles. The molecule has 1 unspecified atom stereocenters. The van der Waals surface area contributed by atoms with Gasteiger partial charge in [-0.15, -0.1) is 0 Å². The molecule has 0 aliphatic heterocycles. The molecule has 0 bridgehead atoms. The Morgan fingerprint density at radius 3 is 2.59 bits per heavy atom. The van der Waals surface area contributed by atoms with Crippen molar-refractivity contribution in [1.82, 2.24) is 10.6 Å². The van der Waals surface area contributed by atoms with Crippen LogP contribution < -0.4 is 15.4 Å². The summed E-state index contributed by atoms with van der Waals surface area (Å²) in [6.45, 7) is 2.40. The minimum atomic E-state index is -0.696. The van der Waals surface area contributed by atoms with E-state index in [-0.39, 0.29) is 17.7 Å². The molecule has 5 nitrogen and oxygen atoms in total. The number of amides is 2. The monoisotopic (exact) mass is 344 g/mol. The van der Waals surface area contributed by atoms with Crippen molar-refractivity contribution in [3.8, 4) is 5.75 Å². The summed E-state index contributed by atoms with van der Waals surface area (Å²) in [5, 5.41) is 6.33. The number of nitrogens with one attached hydrogen (secondary N) is 2. The number of ether oxygens (including phenoxy) is 1. The van der Waals surface area contributed by atoms with Crippen LogP contribution in [0.3, 0.4) is 0 Å². The molecular formula is C15H18Cl2N2O3. The Bertz CT molecular complexity index is 562. The van der Waals surface area contributed by atoms with Gasteiger partial charge in [0.05, 0.1) is 5.02 Å². The lowest BCUT2D eigenvalue weighted by Gasteiger charge is -2.16. The van der Waals surface area contributed by atoms with Crippen molar-refractivity contribution >= 4 is 35.0 Å². The number of hydrogen-bond acceptors (Lipinski definition) is 3. The van der Waals surface area contributed by atoms with Crippen LogP contribution in [-0.2, 0) is 9.59 Å². The van der Waals surface area contributed by atoms with E-state index in [1.165, 1.54) is 0 Å². The van der Waals surface area contributed by atoms with Crippen LogP contribution in [0.2, 0.25) is 10.0 Å². The first kappa shape index (κ1) is 16.9. The maximum absolute atomic E-state index is 11.9. The third kappa shape index (κ3) is 5.07. The largest absolute Gasteiger partial charge is 0.479 e. The summed E-state index contributed by atoms with van der Waals surface area (Å²) in [6.07, 6.45) is 1.23. The fourth-order valence-electron chi connectivity index (χ4n) is 1.82. The molecule has 1 aliphatic rings. The third-order valence-electron chi connectivity index (χ3n) is 3.24. The van der Waals surface area contributed by atoms with E-state index in [0.29, 0.717) is 28.9 Å². The van der Waals surface area contributed by atoms with Crippen molar-refractivity contribution < 1.29 is 14.3 Å². The fourth-order valence-corrected chi connectivity index (χ4v) is 2.27. The van der Waals surface area contributed by atoms with E-state index >= 15 is 0 Å². The first-order valence-corrected chi connectivity index (χ1v) is 7.90. The number of hydrogen-bond donors (Lipinski definition) is 2. The van der Waals surface area contributed by atoms with Crippen LogP contribution in [0.1, 0.15) is 19.8 Å².